The van der Waals surface area contributed by atoms with Gasteiger partial charge in [-0.05, 0) is 22.4 Å². The van der Waals surface area contributed by atoms with Crippen LogP contribution < -0.4 is 0 Å². The van der Waals surface area contributed by atoms with Crippen molar-refractivity contribution in [2.24, 2.45) is 7.05 Å². The van der Waals surface area contributed by atoms with Crippen molar-refractivity contribution in [1.82, 2.24) is 19.3 Å². The monoisotopic (exact) mass is 340 g/mol. The summed E-state index contributed by atoms with van der Waals surface area (Å²) >= 11 is 2.98. The third-order valence-electron chi connectivity index (χ3n) is 2.47. The van der Waals surface area contributed by atoms with Gasteiger partial charge in [0.25, 0.3) is 10.0 Å². The van der Waals surface area contributed by atoms with Crippen LogP contribution >= 0.6 is 15.9 Å². The predicted molar refractivity (Wildman–Crippen MR) is 65.4 cm³/mol. The molecule has 0 radical (unpaired) electrons. The second kappa shape index (κ2) is 5.33. The van der Waals surface area contributed by atoms with Gasteiger partial charge in [0.15, 0.2) is 4.60 Å². The van der Waals surface area contributed by atoms with Gasteiger partial charge in [-0.25, -0.2) is 13.1 Å². The van der Waals surface area contributed by atoms with E-state index in [2.05, 4.69) is 26.2 Å². The van der Waals surface area contributed by atoms with Gasteiger partial charge in [-0.15, -0.1) is 5.10 Å². The predicted octanol–water partition coefficient (Wildman–Crippen LogP) is 0.0613. The third-order valence-corrected chi connectivity index (χ3v) is 5.23. The van der Waals surface area contributed by atoms with E-state index in [-0.39, 0.29) is 16.0 Å². The Morgan fingerprint density at radius 1 is 1.61 bits per heavy atom. The van der Waals surface area contributed by atoms with Crippen molar-refractivity contribution in [3.05, 3.63) is 4.60 Å². The molecule has 1 aromatic heterocycles. The lowest BCUT2D eigenvalue weighted by Crippen LogP contribution is -2.42. The minimum atomic E-state index is -3.97. The van der Waals surface area contributed by atoms with Crippen LogP contribution in [0, 0.1) is 0 Å². The molecule has 0 bridgehead atoms. The molecule has 8 nitrogen and oxygen atoms in total. The highest BCUT2D eigenvalue weighted by Crippen LogP contribution is 2.23. The number of nitrogens with zero attached hydrogens (tertiary/aromatic N) is 4. The molecule has 0 spiro atoms. The standard InChI is InChI=1S/C8H13BrN4O4S/c1-4-5(8(14)15)13(3)18(16,17)7-6(9)10-11-12(7)2/h5H,4H2,1-3H3,(H,14,15). The first-order valence-corrected chi connectivity index (χ1v) is 7.22. The number of rotatable bonds is 5. The Labute approximate surface area is 113 Å². The van der Waals surface area contributed by atoms with E-state index < -0.39 is 22.0 Å². The van der Waals surface area contributed by atoms with E-state index in [1.807, 2.05) is 0 Å². The highest BCUT2D eigenvalue weighted by molar-refractivity contribution is 9.10. The van der Waals surface area contributed by atoms with Gasteiger partial charge in [0.1, 0.15) is 6.04 Å². The molecule has 1 rings (SSSR count). The number of hydrogen-bond acceptors (Lipinski definition) is 5. The van der Waals surface area contributed by atoms with Crippen molar-refractivity contribution in [2.45, 2.75) is 24.4 Å². The molecular formula is C8H13BrN4O4S. The first-order valence-electron chi connectivity index (χ1n) is 4.99. The Kier molecular flexibility index (Phi) is 4.46. The Hall–Kier alpha value is -1.00. The molecule has 1 N–H and O–H groups in total. The zero-order chi connectivity index (χ0) is 14.1. The van der Waals surface area contributed by atoms with E-state index in [1.165, 1.54) is 14.1 Å². The van der Waals surface area contributed by atoms with Gasteiger partial charge in [-0.1, -0.05) is 12.1 Å². The number of aromatic nitrogens is 3. The molecule has 0 aliphatic rings. The number of carbonyl (C=O) groups is 1. The second-order valence-electron chi connectivity index (χ2n) is 3.59. The molecular weight excluding hydrogens is 328 g/mol. The number of carboxylic acid groups (broad SMARTS) is 1. The van der Waals surface area contributed by atoms with Crippen molar-refractivity contribution >= 4 is 31.9 Å². The number of aliphatic carboxylic acids is 1. The van der Waals surface area contributed by atoms with Gasteiger partial charge in [0, 0.05) is 14.1 Å². The fourth-order valence-electron chi connectivity index (χ4n) is 1.49. The third kappa shape index (κ3) is 2.54. The van der Waals surface area contributed by atoms with Crippen LogP contribution in [0.2, 0.25) is 0 Å². The maximum atomic E-state index is 12.3. The van der Waals surface area contributed by atoms with Crippen LogP contribution in [0.25, 0.3) is 0 Å². The first kappa shape index (κ1) is 15.1. The van der Waals surface area contributed by atoms with E-state index in [0.29, 0.717) is 0 Å². The second-order valence-corrected chi connectivity index (χ2v) is 6.26. The van der Waals surface area contributed by atoms with Gasteiger partial charge in [-0.3, -0.25) is 4.79 Å². The quantitative estimate of drug-likeness (QED) is 0.812. The largest absolute Gasteiger partial charge is 0.480 e. The number of halogens is 1. The van der Waals surface area contributed by atoms with Crippen LogP contribution in [0.5, 0.6) is 0 Å². The van der Waals surface area contributed by atoms with Crippen molar-refractivity contribution in [2.75, 3.05) is 7.05 Å². The molecule has 1 aromatic rings. The van der Waals surface area contributed by atoms with Gasteiger partial charge in [-0.2, -0.15) is 4.31 Å². The number of hydrogen-bond donors (Lipinski definition) is 1. The maximum absolute atomic E-state index is 12.3. The molecule has 1 unspecified atom stereocenters. The molecule has 0 aliphatic heterocycles. The fourth-order valence-corrected chi connectivity index (χ4v) is 3.90. The average Bonchev–Trinajstić information content (AvgIpc) is 2.59. The zero-order valence-corrected chi connectivity index (χ0v) is 12.4. The highest BCUT2D eigenvalue weighted by atomic mass is 79.9. The first-order chi connectivity index (χ1) is 8.23. The van der Waals surface area contributed by atoms with Crippen molar-refractivity contribution in [3.8, 4) is 0 Å². The summed E-state index contributed by atoms with van der Waals surface area (Å²) in [5.74, 6) is -1.20. The zero-order valence-electron chi connectivity index (χ0n) is 10.0. The molecule has 0 aromatic carbocycles. The van der Waals surface area contributed by atoms with Gasteiger partial charge < -0.3 is 5.11 Å². The molecule has 102 valence electrons. The summed E-state index contributed by atoms with van der Waals surface area (Å²) in [6.45, 7) is 1.60. The highest BCUT2D eigenvalue weighted by Gasteiger charge is 2.35. The van der Waals surface area contributed by atoms with E-state index >= 15 is 0 Å². The Morgan fingerprint density at radius 2 is 2.17 bits per heavy atom. The molecule has 0 fully saturated rings. The van der Waals surface area contributed by atoms with Crippen LogP contribution in [0.1, 0.15) is 13.3 Å². The number of sulfonamides is 1. The molecule has 1 atom stereocenters. The summed E-state index contributed by atoms with van der Waals surface area (Å²) in [5.41, 5.74) is 0. The normalized spacial score (nSPS) is 13.8. The molecule has 1 heterocycles. The minimum absolute atomic E-state index is 0.0529. The Bertz CT molecular complexity index is 536. The lowest BCUT2D eigenvalue weighted by Gasteiger charge is -2.22. The maximum Gasteiger partial charge on any atom is 0.321 e. The van der Waals surface area contributed by atoms with Gasteiger partial charge in [0.05, 0.1) is 0 Å². The number of likely N-dealkylation sites (N-methyl/N-ethyl adjacent to an activating group) is 1. The molecule has 0 aliphatic carbocycles. The van der Waals surface area contributed by atoms with Crippen molar-refractivity contribution < 1.29 is 18.3 Å². The van der Waals surface area contributed by atoms with Crippen LogP contribution in [0.3, 0.4) is 0 Å². The van der Waals surface area contributed by atoms with E-state index in [9.17, 15) is 13.2 Å². The number of aryl methyl sites for hydroxylation is 1. The topological polar surface area (TPSA) is 105 Å². The van der Waals surface area contributed by atoms with Crippen molar-refractivity contribution in [3.63, 3.8) is 0 Å². The summed E-state index contributed by atoms with van der Waals surface area (Å²) in [5, 5.41) is 15.9. The smallest absolute Gasteiger partial charge is 0.321 e. The van der Waals surface area contributed by atoms with E-state index in [0.717, 1.165) is 8.99 Å². The Balaban J connectivity index is 3.27. The lowest BCUT2D eigenvalue weighted by molar-refractivity contribution is -0.141. The SMILES string of the molecule is CCC(C(=O)O)N(C)S(=O)(=O)c1c(Br)nnn1C. The van der Waals surface area contributed by atoms with Crippen molar-refractivity contribution in [1.29, 1.82) is 0 Å². The molecule has 10 heteroatoms. The van der Waals surface area contributed by atoms with Crippen LogP contribution in [-0.2, 0) is 21.9 Å². The van der Waals surface area contributed by atoms with Gasteiger partial charge in [0.2, 0.25) is 5.03 Å². The van der Waals surface area contributed by atoms with E-state index in [1.54, 1.807) is 6.92 Å². The minimum Gasteiger partial charge on any atom is -0.480 e. The summed E-state index contributed by atoms with van der Waals surface area (Å²) in [6.07, 6.45) is 0.161. The number of carboxylic acids is 1. The molecule has 0 amide bonds. The Morgan fingerprint density at radius 3 is 2.50 bits per heavy atom. The lowest BCUT2D eigenvalue weighted by atomic mass is 10.2. The van der Waals surface area contributed by atoms with Crippen LogP contribution in [0.4, 0.5) is 0 Å². The summed E-state index contributed by atoms with van der Waals surface area (Å²) in [7, 11) is -1.33. The summed E-state index contributed by atoms with van der Waals surface area (Å²) in [6, 6.07) is -1.13. The average molecular weight is 341 g/mol. The fraction of sp³-hybridized carbons (Fsp3) is 0.625. The molecule has 18 heavy (non-hydrogen) atoms. The van der Waals surface area contributed by atoms with Crippen LogP contribution in [-0.4, -0.2) is 51.9 Å². The molecule has 0 saturated heterocycles. The molecule has 0 saturated carbocycles. The summed E-state index contributed by atoms with van der Waals surface area (Å²) in [4.78, 5) is 11.0. The van der Waals surface area contributed by atoms with Gasteiger partial charge >= 0.3 is 5.97 Å². The van der Waals surface area contributed by atoms with E-state index in [4.69, 9.17) is 5.11 Å². The summed E-state index contributed by atoms with van der Waals surface area (Å²) < 4.78 is 26.5. The van der Waals surface area contributed by atoms with Crippen LogP contribution in [0.15, 0.2) is 9.63 Å².